The van der Waals surface area contributed by atoms with E-state index in [4.69, 9.17) is 4.74 Å². The summed E-state index contributed by atoms with van der Waals surface area (Å²) < 4.78 is 5.39. The molecular weight excluding hydrogens is 238 g/mol. The maximum Gasteiger partial charge on any atom is 0.249 e. The van der Waals surface area contributed by atoms with Crippen molar-refractivity contribution in [2.45, 2.75) is 33.7 Å². The monoisotopic (exact) mass is 261 g/mol. The van der Waals surface area contributed by atoms with E-state index in [1.165, 1.54) is 0 Å². The number of amides is 1. The highest BCUT2D eigenvalue weighted by Gasteiger charge is 2.10. The maximum atomic E-state index is 12.0. The van der Waals surface area contributed by atoms with Crippen LogP contribution in [0.15, 0.2) is 35.9 Å². The Hall–Kier alpha value is -1.77. The number of rotatable bonds is 6. The number of allylic oxidation sites excluding steroid dienone is 1. The first-order valence-electron chi connectivity index (χ1n) is 6.72. The second-order valence-electron chi connectivity index (χ2n) is 4.53. The lowest BCUT2D eigenvalue weighted by atomic mass is 10.2. The van der Waals surface area contributed by atoms with Crippen LogP contribution in [-0.4, -0.2) is 24.5 Å². The van der Waals surface area contributed by atoms with Crippen LogP contribution in [0, 0.1) is 0 Å². The molecule has 3 heteroatoms. The van der Waals surface area contributed by atoms with Gasteiger partial charge in [-0.1, -0.05) is 25.1 Å². The molecule has 0 saturated heterocycles. The van der Waals surface area contributed by atoms with Crippen molar-refractivity contribution in [2.75, 3.05) is 13.7 Å². The normalized spacial score (nSPS) is 11.3. The smallest absolute Gasteiger partial charge is 0.249 e. The summed E-state index contributed by atoms with van der Waals surface area (Å²) in [5.74, 6) is 0.943. The molecular formula is C16H23NO2. The second-order valence-corrected chi connectivity index (χ2v) is 4.53. The van der Waals surface area contributed by atoms with Crippen LogP contribution in [0.2, 0.25) is 0 Å². The summed E-state index contributed by atoms with van der Waals surface area (Å²) >= 11 is 0. The molecule has 0 atom stereocenters. The molecule has 0 fully saturated rings. The van der Waals surface area contributed by atoms with Crippen LogP contribution in [0.3, 0.4) is 0 Å². The molecule has 1 rings (SSSR count). The molecule has 1 aromatic rings. The number of likely N-dealkylation sites (N-methyl/N-ethyl adjacent to an activating group) is 1. The summed E-state index contributed by atoms with van der Waals surface area (Å²) in [7, 11) is 1.83. The van der Waals surface area contributed by atoms with Crippen LogP contribution in [0.5, 0.6) is 5.75 Å². The first-order valence-corrected chi connectivity index (χ1v) is 6.72. The van der Waals surface area contributed by atoms with Crippen molar-refractivity contribution in [2.24, 2.45) is 0 Å². The number of ether oxygens (including phenoxy) is 1. The van der Waals surface area contributed by atoms with E-state index in [0.29, 0.717) is 13.2 Å². The van der Waals surface area contributed by atoms with Crippen LogP contribution >= 0.6 is 0 Å². The van der Waals surface area contributed by atoms with Crippen molar-refractivity contribution in [3.05, 3.63) is 41.5 Å². The van der Waals surface area contributed by atoms with E-state index in [0.717, 1.165) is 23.3 Å². The minimum absolute atomic E-state index is 0.0794. The van der Waals surface area contributed by atoms with Crippen LogP contribution in [0.4, 0.5) is 0 Å². The Morgan fingerprint density at radius 3 is 2.42 bits per heavy atom. The number of hydrogen-bond acceptors (Lipinski definition) is 2. The zero-order chi connectivity index (χ0) is 14.3. The van der Waals surface area contributed by atoms with Gasteiger partial charge in [-0.3, -0.25) is 4.79 Å². The van der Waals surface area contributed by atoms with Crippen molar-refractivity contribution in [1.29, 1.82) is 0 Å². The summed E-state index contributed by atoms with van der Waals surface area (Å²) in [5, 5.41) is 0. The standard InChI is InChI=1S/C16H23NO2/c1-5-7-13(3)16(18)17(4)12-14-8-10-15(11-9-14)19-6-2/h7-11H,5-6,12H2,1-4H3/b13-7-. The molecule has 0 spiro atoms. The zero-order valence-electron chi connectivity index (χ0n) is 12.3. The van der Waals surface area contributed by atoms with Gasteiger partial charge < -0.3 is 9.64 Å². The zero-order valence-corrected chi connectivity index (χ0v) is 12.3. The predicted molar refractivity (Wildman–Crippen MR) is 78.1 cm³/mol. The van der Waals surface area contributed by atoms with Gasteiger partial charge in [-0.2, -0.15) is 0 Å². The fraction of sp³-hybridized carbons (Fsp3) is 0.438. The highest BCUT2D eigenvalue weighted by molar-refractivity contribution is 5.92. The quantitative estimate of drug-likeness (QED) is 0.734. The molecule has 0 aliphatic rings. The fourth-order valence-electron chi connectivity index (χ4n) is 1.90. The fourth-order valence-corrected chi connectivity index (χ4v) is 1.90. The average Bonchev–Trinajstić information content (AvgIpc) is 2.40. The Morgan fingerprint density at radius 2 is 1.89 bits per heavy atom. The van der Waals surface area contributed by atoms with E-state index >= 15 is 0 Å². The van der Waals surface area contributed by atoms with E-state index in [1.807, 2.05) is 58.2 Å². The molecule has 1 aromatic carbocycles. The second kappa shape index (κ2) is 7.62. The minimum atomic E-state index is 0.0794. The Bertz CT molecular complexity index is 435. The van der Waals surface area contributed by atoms with Crippen molar-refractivity contribution in [3.8, 4) is 5.75 Å². The molecule has 3 nitrogen and oxygen atoms in total. The van der Waals surface area contributed by atoms with Crippen LogP contribution < -0.4 is 4.74 Å². The van der Waals surface area contributed by atoms with Gasteiger partial charge in [-0.05, 0) is 38.0 Å². The summed E-state index contributed by atoms with van der Waals surface area (Å²) in [6.45, 7) is 7.13. The van der Waals surface area contributed by atoms with Gasteiger partial charge in [-0.25, -0.2) is 0 Å². The van der Waals surface area contributed by atoms with Gasteiger partial charge in [0.25, 0.3) is 0 Å². The maximum absolute atomic E-state index is 12.0. The van der Waals surface area contributed by atoms with Gasteiger partial charge in [-0.15, -0.1) is 0 Å². The average molecular weight is 261 g/mol. The highest BCUT2D eigenvalue weighted by Crippen LogP contribution is 2.14. The molecule has 0 aliphatic carbocycles. The number of hydrogen-bond donors (Lipinski definition) is 0. The Labute approximate surface area is 115 Å². The molecule has 1 amide bonds. The van der Waals surface area contributed by atoms with Gasteiger partial charge in [0, 0.05) is 19.2 Å². The molecule has 0 saturated carbocycles. The Morgan fingerprint density at radius 1 is 1.26 bits per heavy atom. The molecule has 0 radical (unpaired) electrons. The van der Waals surface area contributed by atoms with Gasteiger partial charge in [0.15, 0.2) is 0 Å². The van der Waals surface area contributed by atoms with E-state index in [-0.39, 0.29) is 5.91 Å². The Balaban J connectivity index is 2.63. The Kier molecular flexibility index (Phi) is 6.13. The van der Waals surface area contributed by atoms with Gasteiger partial charge in [0.2, 0.25) is 5.91 Å². The summed E-state index contributed by atoms with van der Waals surface area (Å²) in [6, 6.07) is 7.86. The molecule has 0 unspecified atom stereocenters. The van der Waals surface area contributed by atoms with Gasteiger partial charge in [0.1, 0.15) is 5.75 Å². The molecule has 0 heterocycles. The van der Waals surface area contributed by atoms with Crippen LogP contribution in [0.25, 0.3) is 0 Å². The SMILES string of the molecule is CC/C=C(/C)C(=O)N(C)Cc1ccc(OCC)cc1. The van der Waals surface area contributed by atoms with E-state index in [1.54, 1.807) is 4.90 Å². The molecule has 104 valence electrons. The lowest BCUT2D eigenvalue weighted by Gasteiger charge is -2.18. The van der Waals surface area contributed by atoms with E-state index in [9.17, 15) is 4.79 Å². The van der Waals surface area contributed by atoms with Crippen LogP contribution in [-0.2, 0) is 11.3 Å². The van der Waals surface area contributed by atoms with Crippen LogP contribution in [0.1, 0.15) is 32.8 Å². The largest absolute Gasteiger partial charge is 0.494 e. The van der Waals surface area contributed by atoms with E-state index < -0.39 is 0 Å². The third-order valence-corrected chi connectivity index (χ3v) is 2.85. The molecule has 0 bridgehead atoms. The molecule has 19 heavy (non-hydrogen) atoms. The van der Waals surface area contributed by atoms with Gasteiger partial charge >= 0.3 is 0 Å². The summed E-state index contributed by atoms with van der Waals surface area (Å²) in [4.78, 5) is 13.8. The molecule has 0 aliphatic heterocycles. The number of carbonyl (C=O) groups is 1. The van der Waals surface area contributed by atoms with Crippen molar-refractivity contribution >= 4 is 5.91 Å². The molecule has 0 N–H and O–H groups in total. The lowest BCUT2D eigenvalue weighted by molar-refractivity contribution is -0.126. The van der Waals surface area contributed by atoms with Crippen molar-refractivity contribution in [3.63, 3.8) is 0 Å². The third kappa shape index (κ3) is 4.78. The van der Waals surface area contributed by atoms with Gasteiger partial charge in [0.05, 0.1) is 6.61 Å². The lowest BCUT2D eigenvalue weighted by Crippen LogP contribution is -2.26. The first-order chi connectivity index (χ1) is 9.08. The van der Waals surface area contributed by atoms with Crippen molar-refractivity contribution in [1.82, 2.24) is 4.90 Å². The summed E-state index contributed by atoms with van der Waals surface area (Å²) in [6.07, 6.45) is 2.84. The highest BCUT2D eigenvalue weighted by atomic mass is 16.5. The van der Waals surface area contributed by atoms with Crippen molar-refractivity contribution < 1.29 is 9.53 Å². The predicted octanol–water partition coefficient (Wildman–Crippen LogP) is 3.40. The molecule has 0 aromatic heterocycles. The number of benzene rings is 1. The summed E-state index contributed by atoms with van der Waals surface area (Å²) in [5.41, 5.74) is 1.90. The number of nitrogens with zero attached hydrogens (tertiary/aromatic N) is 1. The third-order valence-electron chi connectivity index (χ3n) is 2.85. The van der Waals surface area contributed by atoms with E-state index in [2.05, 4.69) is 0 Å². The number of carbonyl (C=O) groups excluding carboxylic acids is 1. The minimum Gasteiger partial charge on any atom is -0.494 e. The topological polar surface area (TPSA) is 29.5 Å². The first kappa shape index (κ1) is 15.3.